The molecule has 0 unspecified atom stereocenters. The normalized spacial score (nSPS) is 17.6. The van der Waals surface area contributed by atoms with Gasteiger partial charge in [-0.1, -0.05) is 22.0 Å². The van der Waals surface area contributed by atoms with Gasteiger partial charge >= 0.3 is 0 Å². The minimum atomic E-state index is -0.512. The van der Waals surface area contributed by atoms with Crippen LogP contribution in [-0.4, -0.2) is 43.0 Å². The van der Waals surface area contributed by atoms with E-state index in [1.54, 1.807) is 48.1 Å². The third-order valence-corrected chi connectivity index (χ3v) is 4.87. The van der Waals surface area contributed by atoms with Crippen molar-refractivity contribution in [1.29, 1.82) is 0 Å². The van der Waals surface area contributed by atoms with Crippen LogP contribution in [0.3, 0.4) is 0 Å². The van der Waals surface area contributed by atoms with E-state index in [2.05, 4.69) is 15.9 Å². The van der Waals surface area contributed by atoms with E-state index in [1.165, 1.54) is 0 Å². The molecule has 0 bridgehead atoms. The Morgan fingerprint density at radius 2 is 1.88 bits per heavy atom. The molecule has 1 fully saturated rings. The molecule has 2 aromatic carbocycles. The number of carbonyl (C=O) groups excluding carboxylic acids is 2. The zero-order valence-corrected chi connectivity index (χ0v) is 15.7. The van der Waals surface area contributed by atoms with Gasteiger partial charge in [-0.15, -0.1) is 0 Å². The summed E-state index contributed by atoms with van der Waals surface area (Å²) in [5, 5.41) is 0. The van der Waals surface area contributed by atoms with E-state index in [9.17, 15) is 9.59 Å². The molecular formula is C19H19BrN2O3. The average molecular weight is 403 g/mol. The number of rotatable bonds is 3. The number of carbonyl (C=O) groups is 2. The van der Waals surface area contributed by atoms with Gasteiger partial charge in [-0.3, -0.25) is 9.59 Å². The molecule has 1 atom stereocenters. The number of anilines is 1. The molecule has 130 valence electrons. The van der Waals surface area contributed by atoms with Crippen molar-refractivity contribution in [3.05, 3.63) is 58.6 Å². The van der Waals surface area contributed by atoms with Crippen molar-refractivity contribution in [2.24, 2.45) is 0 Å². The molecule has 2 aromatic rings. The van der Waals surface area contributed by atoms with Crippen molar-refractivity contribution in [3.8, 4) is 5.75 Å². The zero-order valence-electron chi connectivity index (χ0n) is 14.1. The fourth-order valence-electron chi connectivity index (χ4n) is 2.95. The predicted molar refractivity (Wildman–Crippen MR) is 100.0 cm³/mol. The second-order valence-corrected chi connectivity index (χ2v) is 6.79. The van der Waals surface area contributed by atoms with Crippen LogP contribution >= 0.6 is 15.9 Å². The highest BCUT2D eigenvalue weighted by molar-refractivity contribution is 9.10. The van der Waals surface area contributed by atoms with Crippen molar-refractivity contribution in [1.82, 2.24) is 4.90 Å². The van der Waals surface area contributed by atoms with E-state index in [4.69, 9.17) is 4.74 Å². The van der Waals surface area contributed by atoms with E-state index in [0.717, 1.165) is 10.2 Å². The van der Waals surface area contributed by atoms with E-state index in [1.807, 2.05) is 24.3 Å². The number of hydrogen-bond donors (Lipinski definition) is 0. The van der Waals surface area contributed by atoms with Gasteiger partial charge in [0.05, 0.1) is 7.11 Å². The van der Waals surface area contributed by atoms with E-state index < -0.39 is 6.04 Å². The Morgan fingerprint density at radius 1 is 1.16 bits per heavy atom. The molecule has 0 aliphatic carbocycles. The Kier molecular flexibility index (Phi) is 5.08. The molecule has 6 heteroatoms. The number of piperazine rings is 1. The molecule has 2 amide bonds. The largest absolute Gasteiger partial charge is 0.497 e. The monoisotopic (exact) mass is 402 g/mol. The molecule has 1 heterocycles. The van der Waals surface area contributed by atoms with Crippen molar-refractivity contribution in [2.45, 2.75) is 13.0 Å². The first-order valence-electron chi connectivity index (χ1n) is 8.03. The maximum Gasteiger partial charge on any atom is 0.254 e. The fourth-order valence-corrected chi connectivity index (χ4v) is 3.33. The second-order valence-electron chi connectivity index (χ2n) is 5.87. The third-order valence-electron chi connectivity index (χ3n) is 4.37. The number of benzene rings is 2. The summed E-state index contributed by atoms with van der Waals surface area (Å²) in [5.41, 5.74) is 1.39. The third kappa shape index (κ3) is 3.54. The van der Waals surface area contributed by atoms with Crippen LogP contribution < -0.4 is 9.64 Å². The number of ether oxygens (including phenoxy) is 1. The quantitative estimate of drug-likeness (QED) is 0.790. The number of methoxy groups -OCH3 is 1. The first kappa shape index (κ1) is 17.5. The lowest BCUT2D eigenvalue weighted by molar-refractivity contribution is -0.124. The second kappa shape index (κ2) is 7.27. The van der Waals surface area contributed by atoms with Crippen LogP contribution in [0.5, 0.6) is 5.75 Å². The van der Waals surface area contributed by atoms with Crippen LogP contribution in [0.4, 0.5) is 5.69 Å². The van der Waals surface area contributed by atoms with Crippen LogP contribution in [-0.2, 0) is 4.79 Å². The minimum absolute atomic E-state index is 0.0776. The Hall–Kier alpha value is -2.34. The molecule has 3 rings (SSSR count). The Bertz CT molecular complexity index is 792. The molecular weight excluding hydrogens is 384 g/mol. The predicted octanol–water partition coefficient (Wildman–Crippen LogP) is 3.34. The number of halogens is 1. The Labute approximate surface area is 155 Å². The van der Waals surface area contributed by atoms with Crippen molar-refractivity contribution < 1.29 is 14.3 Å². The molecule has 0 spiro atoms. The fraction of sp³-hybridized carbons (Fsp3) is 0.263. The number of nitrogens with zero attached hydrogens (tertiary/aromatic N) is 2. The topological polar surface area (TPSA) is 49.9 Å². The lowest BCUT2D eigenvalue weighted by Crippen LogP contribution is -2.57. The van der Waals surface area contributed by atoms with Crippen molar-refractivity contribution >= 4 is 33.4 Å². The SMILES string of the molecule is COc1ccc(C(=O)N2CCN(c3cccc(Br)c3)C(=O)[C@H]2C)cc1. The minimum Gasteiger partial charge on any atom is -0.497 e. The first-order valence-corrected chi connectivity index (χ1v) is 8.82. The summed E-state index contributed by atoms with van der Waals surface area (Å²) >= 11 is 3.43. The lowest BCUT2D eigenvalue weighted by atomic mass is 10.1. The Morgan fingerprint density at radius 3 is 2.52 bits per heavy atom. The molecule has 1 saturated heterocycles. The summed E-state index contributed by atoms with van der Waals surface area (Å²) < 4.78 is 6.03. The summed E-state index contributed by atoms with van der Waals surface area (Å²) in [5.74, 6) is 0.476. The number of amides is 2. The van der Waals surface area contributed by atoms with Gasteiger partial charge in [-0.2, -0.15) is 0 Å². The highest BCUT2D eigenvalue weighted by Crippen LogP contribution is 2.25. The molecule has 1 aliphatic rings. The molecule has 1 aliphatic heterocycles. The van der Waals surface area contributed by atoms with E-state index >= 15 is 0 Å². The zero-order chi connectivity index (χ0) is 18.0. The van der Waals surface area contributed by atoms with Gasteiger partial charge < -0.3 is 14.5 Å². The Balaban J connectivity index is 1.77. The standard InChI is InChI=1S/C19H19BrN2O3/c1-13-18(23)22(16-5-3-4-15(20)12-16)11-10-21(13)19(24)14-6-8-17(25-2)9-7-14/h3-9,12-13H,10-11H2,1-2H3/t13-/m1/s1. The molecule has 0 aromatic heterocycles. The van der Waals surface area contributed by atoms with Crippen molar-refractivity contribution in [2.75, 3.05) is 25.1 Å². The molecule has 0 radical (unpaired) electrons. The van der Waals surface area contributed by atoms with Crippen LogP contribution in [0.15, 0.2) is 53.0 Å². The lowest BCUT2D eigenvalue weighted by Gasteiger charge is -2.39. The highest BCUT2D eigenvalue weighted by atomic mass is 79.9. The van der Waals surface area contributed by atoms with Crippen LogP contribution in [0.25, 0.3) is 0 Å². The molecule has 25 heavy (non-hydrogen) atoms. The van der Waals surface area contributed by atoms with Crippen LogP contribution in [0, 0.1) is 0 Å². The molecule has 5 nitrogen and oxygen atoms in total. The highest BCUT2D eigenvalue weighted by Gasteiger charge is 2.35. The summed E-state index contributed by atoms with van der Waals surface area (Å²) in [4.78, 5) is 28.9. The van der Waals surface area contributed by atoms with Gasteiger partial charge in [-0.05, 0) is 49.4 Å². The maximum absolute atomic E-state index is 12.8. The van der Waals surface area contributed by atoms with Gasteiger partial charge in [0.15, 0.2) is 0 Å². The van der Waals surface area contributed by atoms with Crippen LogP contribution in [0.2, 0.25) is 0 Å². The van der Waals surface area contributed by atoms with Gasteiger partial charge in [-0.25, -0.2) is 0 Å². The van der Waals surface area contributed by atoms with Gasteiger partial charge in [0.25, 0.3) is 5.91 Å². The van der Waals surface area contributed by atoms with E-state index in [0.29, 0.717) is 24.4 Å². The van der Waals surface area contributed by atoms with Gasteiger partial charge in [0, 0.05) is 28.8 Å². The van der Waals surface area contributed by atoms with Crippen LogP contribution in [0.1, 0.15) is 17.3 Å². The smallest absolute Gasteiger partial charge is 0.254 e. The number of hydrogen-bond acceptors (Lipinski definition) is 3. The first-order chi connectivity index (χ1) is 12.0. The molecule has 0 saturated carbocycles. The van der Waals surface area contributed by atoms with Crippen molar-refractivity contribution in [3.63, 3.8) is 0 Å². The summed E-state index contributed by atoms with van der Waals surface area (Å²) in [7, 11) is 1.58. The maximum atomic E-state index is 12.8. The average Bonchev–Trinajstić information content (AvgIpc) is 2.63. The van der Waals surface area contributed by atoms with Gasteiger partial charge in [0.2, 0.25) is 5.91 Å². The summed E-state index contributed by atoms with van der Waals surface area (Å²) in [6.45, 7) is 2.74. The van der Waals surface area contributed by atoms with E-state index in [-0.39, 0.29) is 11.8 Å². The summed E-state index contributed by atoms with van der Waals surface area (Å²) in [6.07, 6.45) is 0. The van der Waals surface area contributed by atoms with Gasteiger partial charge in [0.1, 0.15) is 11.8 Å². The summed E-state index contributed by atoms with van der Waals surface area (Å²) in [6, 6.07) is 14.0. The molecule has 0 N–H and O–H groups in total.